The third-order valence-corrected chi connectivity index (χ3v) is 5.61. The summed E-state index contributed by atoms with van der Waals surface area (Å²) in [5, 5.41) is 11.6. The zero-order valence-corrected chi connectivity index (χ0v) is 18.6. The molecule has 0 amide bonds. The molecule has 4 heterocycles. The van der Waals surface area contributed by atoms with Gasteiger partial charge in [0.05, 0.1) is 29.2 Å². The van der Waals surface area contributed by atoms with Gasteiger partial charge in [0.1, 0.15) is 17.7 Å². The van der Waals surface area contributed by atoms with Crippen LogP contribution in [0.1, 0.15) is 0 Å². The Morgan fingerprint density at radius 1 is 0.788 bits per heavy atom. The summed E-state index contributed by atoms with van der Waals surface area (Å²) >= 11 is 3.46. The molecule has 0 aliphatic rings. The van der Waals surface area contributed by atoms with Crippen LogP contribution < -0.4 is 5.32 Å². The highest BCUT2D eigenvalue weighted by atomic mass is 79.9. The van der Waals surface area contributed by atoms with E-state index in [2.05, 4.69) is 31.4 Å². The van der Waals surface area contributed by atoms with Crippen LogP contribution in [-0.2, 0) is 0 Å². The predicted molar refractivity (Wildman–Crippen MR) is 127 cm³/mol. The summed E-state index contributed by atoms with van der Waals surface area (Å²) in [4.78, 5) is 9.65. The van der Waals surface area contributed by atoms with Gasteiger partial charge < -0.3 is 14.2 Å². The Kier molecular flexibility index (Phi) is 4.73. The lowest BCUT2D eigenvalue weighted by Crippen LogP contribution is -2.01. The number of rotatable bonds is 5. The van der Waals surface area contributed by atoms with E-state index < -0.39 is 0 Å². The molecule has 33 heavy (non-hydrogen) atoms. The van der Waals surface area contributed by atoms with Gasteiger partial charge in [-0.3, -0.25) is 4.57 Å². The maximum atomic E-state index is 5.61. The van der Waals surface area contributed by atoms with Crippen LogP contribution in [0.5, 0.6) is 0 Å². The monoisotopic (exact) mass is 498 g/mol. The molecule has 2 aromatic carbocycles. The van der Waals surface area contributed by atoms with Gasteiger partial charge in [-0.2, -0.15) is 0 Å². The van der Waals surface area contributed by atoms with E-state index in [0.29, 0.717) is 34.4 Å². The summed E-state index contributed by atoms with van der Waals surface area (Å²) in [6.45, 7) is 0. The molecule has 0 radical (unpaired) electrons. The normalized spacial score (nSPS) is 11.2. The molecule has 0 fully saturated rings. The third-order valence-electron chi connectivity index (χ3n) is 5.08. The zero-order chi connectivity index (χ0) is 22.2. The quantitative estimate of drug-likeness (QED) is 0.300. The standard InChI is InChI=1S/C24H15BrN6O2/c25-15-5-8-17(9-6-15)31-14-26-30-24(31)27-16-7-10-18-19(13-16)29-23(21-4-2-12-33-21)22(28-18)20-3-1-11-32-20/h1-14H,(H,27,30). The number of nitrogens with one attached hydrogen (secondary N) is 1. The van der Waals surface area contributed by atoms with E-state index in [0.717, 1.165) is 21.4 Å². The topological polar surface area (TPSA) is 94.8 Å². The Hall–Kier alpha value is -4.24. The molecular weight excluding hydrogens is 484 g/mol. The number of benzene rings is 2. The van der Waals surface area contributed by atoms with Gasteiger partial charge in [0, 0.05) is 10.2 Å². The van der Waals surface area contributed by atoms with Crippen molar-refractivity contribution in [2.75, 3.05) is 5.32 Å². The van der Waals surface area contributed by atoms with Crippen LogP contribution in [0, 0.1) is 0 Å². The van der Waals surface area contributed by atoms with Crippen LogP contribution in [0.15, 0.2) is 98.9 Å². The van der Waals surface area contributed by atoms with E-state index in [1.165, 1.54) is 0 Å². The van der Waals surface area contributed by atoms with Crippen molar-refractivity contribution in [3.05, 3.63) is 90.1 Å². The smallest absolute Gasteiger partial charge is 0.233 e. The molecule has 6 rings (SSSR count). The van der Waals surface area contributed by atoms with Crippen LogP contribution in [-0.4, -0.2) is 24.7 Å². The average molecular weight is 499 g/mol. The second kappa shape index (κ2) is 8.03. The van der Waals surface area contributed by atoms with Crippen molar-refractivity contribution in [2.24, 2.45) is 0 Å². The van der Waals surface area contributed by atoms with Crippen LogP contribution >= 0.6 is 15.9 Å². The largest absolute Gasteiger partial charge is 0.463 e. The number of hydrogen-bond donors (Lipinski definition) is 1. The molecule has 0 aliphatic carbocycles. The first-order valence-corrected chi connectivity index (χ1v) is 10.9. The highest BCUT2D eigenvalue weighted by Crippen LogP contribution is 2.32. The zero-order valence-electron chi connectivity index (χ0n) is 17.0. The van der Waals surface area contributed by atoms with Crippen molar-refractivity contribution in [3.63, 3.8) is 0 Å². The first kappa shape index (κ1) is 19.4. The number of fused-ring (bicyclic) bond motifs is 1. The van der Waals surface area contributed by atoms with Crippen molar-refractivity contribution in [1.82, 2.24) is 24.7 Å². The van der Waals surface area contributed by atoms with Gasteiger partial charge in [-0.05, 0) is 66.7 Å². The van der Waals surface area contributed by atoms with Crippen LogP contribution in [0.2, 0.25) is 0 Å². The minimum Gasteiger partial charge on any atom is -0.463 e. The lowest BCUT2D eigenvalue weighted by molar-refractivity contribution is 0.572. The van der Waals surface area contributed by atoms with Gasteiger partial charge in [0.15, 0.2) is 11.5 Å². The van der Waals surface area contributed by atoms with Gasteiger partial charge in [-0.1, -0.05) is 15.9 Å². The Balaban J connectivity index is 1.41. The van der Waals surface area contributed by atoms with Gasteiger partial charge in [0.25, 0.3) is 0 Å². The molecule has 0 atom stereocenters. The first-order chi connectivity index (χ1) is 16.2. The van der Waals surface area contributed by atoms with Crippen molar-refractivity contribution in [3.8, 4) is 28.6 Å². The molecular formula is C24H15BrN6O2. The number of anilines is 2. The van der Waals surface area contributed by atoms with E-state index in [-0.39, 0.29) is 0 Å². The maximum Gasteiger partial charge on any atom is 0.233 e. The second-order valence-electron chi connectivity index (χ2n) is 7.20. The molecule has 0 unspecified atom stereocenters. The van der Waals surface area contributed by atoms with Gasteiger partial charge >= 0.3 is 0 Å². The van der Waals surface area contributed by atoms with Crippen molar-refractivity contribution in [2.45, 2.75) is 0 Å². The number of halogens is 1. The highest BCUT2D eigenvalue weighted by Gasteiger charge is 2.17. The van der Waals surface area contributed by atoms with E-state index in [1.54, 1.807) is 18.9 Å². The molecule has 160 valence electrons. The summed E-state index contributed by atoms with van der Waals surface area (Å²) in [5.74, 6) is 1.83. The summed E-state index contributed by atoms with van der Waals surface area (Å²) < 4.78 is 14.1. The van der Waals surface area contributed by atoms with Gasteiger partial charge in [0.2, 0.25) is 5.95 Å². The maximum absolute atomic E-state index is 5.61. The lowest BCUT2D eigenvalue weighted by Gasteiger charge is -2.10. The number of hydrogen-bond acceptors (Lipinski definition) is 7. The van der Waals surface area contributed by atoms with Gasteiger partial charge in [-0.15, -0.1) is 10.2 Å². The fourth-order valence-electron chi connectivity index (χ4n) is 3.54. The van der Waals surface area contributed by atoms with E-state index in [4.69, 9.17) is 18.8 Å². The third kappa shape index (κ3) is 3.68. The molecule has 1 N–H and O–H groups in total. The molecule has 0 aliphatic heterocycles. The predicted octanol–water partition coefficient (Wildman–Crippen LogP) is 6.24. The SMILES string of the molecule is Brc1ccc(-n2cnnc2Nc2ccc3nc(-c4ccco4)c(-c4ccco4)nc3c2)cc1. The molecule has 4 aromatic heterocycles. The minimum atomic E-state index is 0.586. The molecule has 0 saturated heterocycles. The Bertz CT molecular complexity index is 1540. The van der Waals surface area contributed by atoms with E-state index in [9.17, 15) is 0 Å². The fourth-order valence-corrected chi connectivity index (χ4v) is 3.81. The summed E-state index contributed by atoms with van der Waals surface area (Å²) in [6, 6.07) is 21.0. The molecule has 9 heteroatoms. The Morgan fingerprint density at radius 3 is 2.15 bits per heavy atom. The molecule has 0 spiro atoms. The second-order valence-corrected chi connectivity index (χ2v) is 8.12. The number of aromatic nitrogens is 5. The van der Waals surface area contributed by atoms with E-state index in [1.807, 2.05) is 71.3 Å². The highest BCUT2D eigenvalue weighted by molar-refractivity contribution is 9.10. The molecule has 0 bridgehead atoms. The van der Waals surface area contributed by atoms with Crippen molar-refractivity contribution in [1.29, 1.82) is 0 Å². The van der Waals surface area contributed by atoms with Crippen LogP contribution in [0.4, 0.5) is 11.6 Å². The molecule has 0 saturated carbocycles. The number of furan rings is 2. The lowest BCUT2D eigenvalue weighted by atomic mass is 10.1. The van der Waals surface area contributed by atoms with Crippen LogP contribution in [0.25, 0.3) is 39.6 Å². The van der Waals surface area contributed by atoms with Gasteiger partial charge in [-0.25, -0.2) is 9.97 Å². The van der Waals surface area contributed by atoms with Crippen molar-refractivity contribution >= 4 is 38.6 Å². The minimum absolute atomic E-state index is 0.586. The Labute approximate surface area is 196 Å². The first-order valence-electron chi connectivity index (χ1n) is 10.1. The van der Waals surface area contributed by atoms with Crippen LogP contribution in [0.3, 0.4) is 0 Å². The Morgan fingerprint density at radius 2 is 1.48 bits per heavy atom. The number of nitrogens with zero attached hydrogens (tertiary/aromatic N) is 5. The molecule has 8 nitrogen and oxygen atoms in total. The fraction of sp³-hybridized carbons (Fsp3) is 0. The average Bonchev–Trinajstić information content (AvgIpc) is 3.62. The summed E-state index contributed by atoms with van der Waals surface area (Å²) in [5.41, 5.74) is 4.41. The van der Waals surface area contributed by atoms with E-state index >= 15 is 0 Å². The molecule has 6 aromatic rings. The summed E-state index contributed by atoms with van der Waals surface area (Å²) in [6.07, 6.45) is 4.89. The van der Waals surface area contributed by atoms with Crippen molar-refractivity contribution < 1.29 is 8.83 Å². The summed E-state index contributed by atoms with van der Waals surface area (Å²) in [7, 11) is 0.